The number of aliphatic hydroxyl groups is 1. The van der Waals surface area contributed by atoms with E-state index in [0.29, 0.717) is 0 Å². The molecule has 1 N–H and O–H groups in total. The van der Waals surface area contributed by atoms with E-state index in [2.05, 4.69) is 0 Å². The highest BCUT2D eigenvalue weighted by Crippen LogP contribution is 2.52. The molecule has 0 aromatic rings. The van der Waals surface area contributed by atoms with Gasteiger partial charge < -0.3 is 5.11 Å². The Kier molecular flexibility index (Phi) is 5.17. The third kappa shape index (κ3) is 5.11. The summed E-state index contributed by atoms with van der Waals surface area (Å²) < 4.78 is 146. The molecular weight excluding hydrogens is 340 g/mol. The standard InChI is InChI=1S/C8H6F12O/c9-4(7(15,16)17,8(18,19)20)1-3(6(12,13)14)2-5(10,11)21/h3,21H,1-2H2. The molecule has 0 saturated heterocycles. The molecule has 0 aliphatic rings. The van der Waals surface area contributed by atoms with E-state index in [1.807, 2.05) is 0 Å². The van der Waals surface area contributed by atoms with Gasteiger partial charge in [0.05, 0.1) is 12.3 Å². The van der Waals surface area contributed by atoms with Crippen LogP contribution in [0.5, 0.6) is 0 Å². The Balaban J connectivity index is 5.66. The molecule has 128 valence electrons. The van der Waals surface area contributed by atoms with E-state index < -0.39 is 49.1 Å². The van der Waals surface area contributed by atoms with Crippen LogP contribution in [0.25, 0.3) is 0 Å². The fraction of sp³-hybridized carbons (Fsp3) is 1.00. The molecule has 0 aliphatic carbocycles. The third-order valence-corrected chi connectivity index (χ3v) is 2.38. The van der Waals surface area contributed by atoms with Crippen LogP contribution in [0, 0.1) is 5.92 Å². The molecule has 1 unspecified atom stereocenters. The van der Waals surface area contributed by atoms with Gasteiger partial charge >= 0.3 is 24.6 Å². The normalized spacial score (nSPS) is 17.0. The number of alkyl halides is 12. The Morgan fingerprint density at radius 1 is 0.619 bits per heavy atom. The van der Waals surface area contributed by atoms with Crippen LogP contribution in [0.1, 0.15) is 12.8 Å². The molecule has 0 aromatic heterocycles. The molecule has 13 heteroatoms. The van der Waals surface area contributed by atoms with Crippen LogP contribution >= 0.6 is 0 Å². The average Bonchev–Trinajstić information content (AvgIpc) is 2.08. The van der Waals surface area contributed by atoms with Gasteiger partial charge in [-0.3, -0.25) is 0 Å². The van der Waals surface area contributed by atoms with E-state index in [-0.39, 0.29) is 0 Å². The second kappa shape index (κ2) is 5.39. The van der Waals surface area contributed by atoms with Crippen LogP contribution in [0.3, 0.4) is 0 Å². The summed E-state index contributed by atoms with van der Waals surface area (Å²) in [7, 11) is 0. The van der Waals surface area contributed by atoms with Crippen LogP contribution in [0.15, 0.2) is 0 Å². The largest absolute Gasteiger partial charge is 0.431 e. The van der Waals surface area contributed by atoms with Crippen molar-refractivity contribution in [1.82, 2.24) is 0 Å². The quantitative estimate of drug-likeness (QED) is 0.750. The van der Waals surface area contributed by atoms with Gasteiger partial charge in [-0.1, -0.05) is 0 Å². The maximum Gasteiger partial charge on any atom is 0.431 e. The van der Waals surface area contributed by atoms with E-state index in [1.54, 1.807) is 0 Å². The Bertz CT molecular complexity index is 330. The number of rotatable bonds is 4. The van der Waals surface area contributed by atoms with E-state index in [0.717, 1.165) is 0 Å². The average molecular weight is 346 g/mol. The van der Waals surface area contributed by atoms with Crippen molar-refractivity contribution in [1.29, 1.82) is 0 Å². The van der Waals surface area contributed by atoms with E-state index in [1.165, 1.54) is 0 Å². The second-order valence-electron chi connectivity index (χ2n) is 4.11. The molecular formula is C8H6F12O. The van der Waals surface area contributed by atoms with Gasteiger partial charge in [-0.2, -0.15) is 48.3 Å². The van der Waals surface area contributed by atoms with Gasteiger partial charge in [0, 0.05) is 6.42 Å². The molecule has 0 rings (SSSR count). The minimum Gasteiger partial charge on any atom is -0.336 e. The van der Waals surface area contributed by atoms with Gasteiger partial charge in [0.15, 0.2) is 0 Å². The molecule has 0 aliphatic heterocycles. The first-order valence-corrected chi connectivity index (χ1v) is 4.80. The zero-order valence-corrected chi connectivity index (χ0v) is 9.47. The van der Waals surface area contributed by atoms with Crippen molar-refractivity contribution in [3.8, 4) is 0 Å². The predicted molar refractivity (Wildman–Crippen MR) is 41.9 cm³/mol. The van der Waals surface area contributed by atoms with Crippen molar-refractivity contribution in [2.24, 2.45) is 5.92 Å². The lowest BCUT2D eigenvalue weighted by Crippen LogP contribution is -2.55. The molecule has 0 radical (unpaired) electrons. The fourth-order valence-corrected chi connectivity index (χ4v) is 1.33. The first-order chi connectivity index (χ1) is 8.81. The van der Waals surface area contributed by atoms with Crippen LogP contribution in [0.2, 0.25) is 0 Å². The van der Waals surface area contributed by atoms with Crippen molar-refractivity contribution in [2.45, 2.75) is 43.1 Å². The van der Waals surface area contributed by atoms with Crippen LogP contribution < -0.4 is 0 Å². The van der Waals surface area contributed by atoms with E-state index in [9.17, 15) is 52.7 Å². The number of halogens is 12. The van der Waals surface area contributed by atoms with Gasteiger partial charge in [-0.15, -0.1) is 0 Å². The molecule has 0 aromatic carbocycles. The molecule has 0 amide bonds. The lowest BCUT2D eigenvalue weighted by molar-refractivity contribution is -0.356. The van der Waals surface area contributed by atoms with Crippen molar-refractivity contribution < 1.29 is 57.8 Å². The minimum atomic E-state index is -6.81. The zero-order chi connectivity index (χ0) is 17.5. The monoisotopic (exact) mass is 346 g/mol. The molecule has 1 atom stereocenters. The van der Waals surface area contributed by atoms with Gasteiger partial charge in [0.2, 0.25) is 0 Å². The molecule has 0 heterocycles. The summed E-state index contributed by atoms with van der Waals surface area (Å²) in [5, 5.41) is 7.84. The maximum atomic E-state index is 13.1. The Morgan fingerprint density at radius 3 is 1.14 bits per heavy atom. The zero-order valence-electron chi connectivity index (χ0n) is 9.47. The van der Waals surface area contributed by atoms with E-state index in [4.69, 9.17) is 5.11 Å². The van der Waals surface area contributed by atoms with Crippen molar-refractivity contribution in [3.63, 3.8) is 0 Å². The van der Waals surface area contributed by atoms with Crippen molar-refractivity contribution in [3.05, 3.63) is 0 Å². The van der Waals surface area contributed by atoms with Crippen LogP contribution in [0.4, 0.5) is 52.7 Å². The predicted octanol–water partition coefficient (Wildman–Crippen LogP) is 4.36. The van der Waals surface area contributed by atoms with Gasteiger partial charge in [0.1, 0.15) is 0 Å². The molecule has 21 heavy (non-hydrogen) atoms. The summed E-state index contributed by atoms with van der Waals surface area (Å²) >= 11 is 0. The molecule has 0 fully saturated rings. The second-order valence-corrected chi connectivity index (χ2v) is 4.11. The van der Waals surface area contributed by atoms with E-state index >= 15 is 0 Å². The minimum absolute atomic E-state index is 2.84. The highest BCUT2D eigenvalue weighted by Gasteiger charge is 2.74. The number of hydrogen-bond acceptors (Lipinski definition) is 1. The summed E-state index contributed by atoms with van der Waals surface area (Å²) in [5.41, 5.74) is -6.34. The highest BCUT2D eigenvalue weighted by atomic mass is 19.4. The van der Waals surface area contributed by atoms with Gasteiger partial charge in [0.25, 0.3) is 5.67 Å². The summed E-state index contributed by atoms with van der Waals surface area (Å²) in [6.45, 7) is 0. The Morgan fingerprint density at radius 2 is 0.952 bits per heavy atom. The molecule has 0 bridgehead atoms. The smallest absolute Gasteiger partial charge is 0.336 e. The molecule has 1 nitrogen and oxygen atoms in total. The lowest BCUT2D eigenvalue weighted by Gasteiger charge is -2.34. The summed E-state index contributed by atoms with van der Waals surface area (Å²) in [5.74, 6) is -4.06. The van der Waals surface area contributed by atoms with Gasteiger partial charge in [-0.05, 0) is 0 Å². The first-order valence-electron chi connectivity index (χ1n) is 4.80. The highest BCUT2D eigenvalue weighted by molar-refractivity contribution is 4.97. The number of hydrogen-bond donors (Lipinski definition) is 1. The first kappa shape index (κ1) is 20.1. The summed E-state index contributed by atoms with van der Waals surface area (Å²) in [6, 6.07) is 0. The van der Waals surface area contributed by atoms with Crippen LogP contribution in [-0.2, 0) is 0 Å². The Hall–Kier alpha value is -0.880. The summed E-state index contributed by atoms with van der Waals surface area (Å²) in [4.78, 5) is 0. The SMILES string of the molecule is OC(F)(F)CC(CC(F)(C(F)(F)F)C(F)(F)F)C(F)(F)F. The molecule has 0 spiro atoms. The Labute approximate surface area is 108 Å². The van der Waals surface area contributed by atoms with Gasteiger partial charge in [-0.25, -0.2) is 4.39 Å². The topological polar surface area (TPSA) is 20.2 Å². The fourth-order valence-electron chi connectivity index (χ4n) is 1.33. The maximum absolute atomic E-state index is 13.1. The lowest BCUT2D eigenvalue weighted by atomic mass is 9.87. The van der Waals surface area contributed by atoms with Crippen molar-refractivity contribution >= 4 is 0 Å². The summed E-state index contributed by atoms with van der Waals surface area (Å²) in [6.07, 6.45) is -31.1. The third-order valence-electron chi connectivity index (χ3n) is 2.38. The van der Waals surface area contributed by atoms with Crippen LogP contribution in [-0.4, -0.2) is 35.4 Å². The van der Waals surface area contributed by atoms with Crippen molar-refractivity contribution in [2.75, 3.05) is 0 Å². The molecule has 0 saturated carbocycles.